The summed E-state index contributed by atoms with van der Waals surface area (Å²) >= 11 is 0. The Morgan fingerprint density at radius 2 is 1.74 bits per heavy atom. The first kappa shape index (κ1) is 25.0. The summed E-state index contributed by atoms with van der Waals surface area (Å²) in [6.45, 7) is 2.24. The molecule has 0 aliphatic carbocycles. The molecule has 6 nitrogen and oxygen atoms in total. The fourth-order valence-corrected chi connectivity index (χ4v) is 4.00. The van der Waals surface area contributed by atoms with Gasteiger partial charge in [0.1, 0.15) is 5.82 Å². The van der Waals surface area contributed by atoms with E-state index in [0.29, 0.717) is 18.0 Å². The number of ether oxygens (including phenoxy) is 2. The lowest BCUT2D eigenvalue weighted by molar-refractivity contribution is 0.105. The highest BCUT2D eigenvalue weighted by atomic mass is 35.5. The normalized spacial score (nSPS) is 14.1. The van der Waals surface area contributed by atoms with Crippen LogP contribution in [-0.4, -0.2) is 46.9 Å². The minimum Gasteiger partial charge on any atom is -0.493 e. The number of halogens is 2. The van der Waals surface area contributed by atoms with E-state index in [-0.39, 0.29) is 24.8 Å². The van der Waals surface area contributed by atoms with E-state index < -0.39 is 6.10 Å². The molecule has 8 heteroatoms. The van der Waals surface area contributed by atoms with Crippen LogP contribution in [0.15, 0.2) is 48.5 Å². The molecule has 1 aliphatic heterocycles. The van der Waals surface area contributed by atoms with Crippen molar-refractivity contribution in [2.24, 2.45) is 7.05 Å². The van der Waals surface area contributed by atoms with Crippen LogP contribution in [0.4, 0.5) is 0 Å². The first-order valence-electron chi connectivity index (χ1n) is 9.83. The van der Waals surface area contributed by atoms with Crippen LogP contribution in [0, 0.1) is 0 Å². The molecule has 1 aromatic heterocycles. The first-order valence-corrected chi connectivity index (χ1v) is 9.83. The van der Waals surface area contributed by atoms with E-state index in [4.69, 9.17) is 14.5 Å². The lowest BCUT2D eigenvalue weighted by Gasteiger charge is -2.28. The minimum absolute atomic E-state index is 0. The van der Waals surface area contributed by atoms with Crippen LogP contribution in [0.2, 0.25) is 0 Å². The van der Waals surface area contributed by atoms with Gasteiger partial charge in [-0.25, -0.2) is 4.98 Å². The Labute approximate surface area is 195 Å². The van der Waals surface area contributed by atoms with Crippen LogP contribution in [-0.2, 0) is 20.0 Å². The van der Waals surface area contributed by atoms with Crippen molar-refractivity contribution in [3.8, 4) is 22.9 Å². The second kappa shape index (κ2) is 10.9. The monoisotopic (exact) mass is 465 g/mol. The summed E-state index contributed by atoms with van der Waals surface area (Å²) in [5, 5.41) is 10.6. The van der Waals surface area contributed by atoms with Gasteiger partial charge < -0.3 is 19.1 Å². The van der Waals surface area contributed by atoms with Gasteiger partial charge in [0.25, 0.3) is 0 Å². The summed E-state index contributed by atoms with van der Waals surface area (Å²) in [4.78, 5) is 7.19. The van der Waals surface area contributed by atoms with Gasteiger partial charge in [-0.1, -0.05) is 30.3 Å². The van der Waals surface area contributed by atoms with Crippen molar-refractivity contribution in [3.05, 3.63) is 65.5 Å². The fourth-order valence-electron chi connectivity index (χ4n) is 4.00. The molecular weight excluding hydrogens is 437 g/mol. The zero-order valence-electron chi connectivity index (χ0n) is 17.9. The summed E-state index contributed by atoms with van der Waals surface area (Å²) in [6, 6.07) is 15.7. The van der Waals surface area contributed by atoms with Crippen LogP contribution in [0.25, 0.3) is 11.4 Å². The molecule has 0 fully saturated rings. The van der Waals surface area contributed by atoms with Crippen LogP contribution < -0.4 is 9.47 Å². The van der Waals surface area contributed by atoms with Gasteiger partial charge in [0.05, 0.1) is 26.0 Å². The van der Waals surface area contributed by atoms with Crippen molar-refractivity contribution in [3.63, 3.8) is 0 Å². The van der Waals surface area contributed by atoms with E-state index in [1.54, 1.807) is 14.2 Å². The lowest BCUT2D eigenvalue weighted by atomic mass is 10.1. The number of hydrogen-bond acceptors (Lipinski definition) is 5. The van der Waals surface area contributed by atoms with Gasteiger partial charge in [-0.3, -0.25) is 4.90 Å². The van der Waals surface area contributed by atoms with E-state index in [0.717, 1.165) is 42.2 Å². The van der Waals surface area contributed by atoms with Gasteiger partial charge in [-0.2, -0.15) is 0 Å². The van der Waals surface area contributed by atoms with Crippen molar-refractivity contribution in [2.45, 2.75) is 19.1 Å². The molecule has 1 atom stereocenters. The van der Waals surface area contributed by atoms with Gasteiger partial charge in [0.2, 0.25) is 0 Å². The quantitative estimate of drug-likeness (QED) is 0.595. The maximum Gasteiger partial charge on any atom is 0.161 e. The molecule has 1 N–H and O–H groups in total. The number of benzene rings is 2. The number of nitrogens with zero attached hydrogens (tertiary/aromatic N) is 3. The smallest absolute Gasteiger partial charge is 0.161 e. The number of aliphatic hydroxyl groups is 1. The Bertz CT molecular complexity index is 995. The Kier molecular flexibility index (Phi) is 8.77. The minimum atomic E-state index is -0.494. The van der Waals surface area contributed by atoms with Crippen molar-refractivity contribution < 1.29 is 14.6 Å². The molecule has 0 spiro atoms. The van der Waals surface area contributed by atoms with Crippen LogP contribution >= 0.6 is 24.8 Å². The van der Waals surface area contributed by atoms with Gasteiger partial charge >= 0.3 is 0 Å². The third kappa shape index (κ3) is 5.15. The molecule has 4 rings (SSSR count). The highest BCUT2D eigenvalue weighted by Crippen LogP contribution is 2.33. The zero-order valence-corrected chi connectivity index (χ0v) is 19.6. The van der Waals surface area contributed by atoms with E-state index in [1.807, 2.05) is 48.5 Å². The van der Waals surface area contributed by atoms with E-state index in [9.17, 15) is 5.11 Å². The van der Waals surface area contributed by atoms with E-state index in [2.05, 4.69) is 16.5 Å². The van der Waals surface area contributed by atoms with Crippen LogP contribution in [0.5, 0.6) is 11.5 Å². The number of aliphatic hydroxyl groups excluding tert-OH is 1. The molecule has 2 aromatic carbocycles. The van der Waals surface area contributed by atoms with Crippen LogP contribution in [0.1, 0.15) is 23.1 Å². The van der Waals surface area contributed by atoms with Gasteiger partial charge in [0, 0.05) is 44.4 Å². The summed E-state index contributed by atoms with van der Waals surface area (Å²) in [7, 11) is 5.34. The Balaban J connectivity index is 0.00000171. The number of aromatic nitrogens is 2. The maximum atomic E-state index is 10.6. The molecular formula is C23H29Cl2N3O3. The van der Waals surface area contributed by atoms with Crippen molar-refractivity contribution in [1.82, 2.24) is 14.5 Å². The zero-order chi connectivity index (χ0) is 20.4. The molecule has 0 bridgehead atoms. The standard InChI is InChI=1S/C23H27N3O3.2ClH/c1-25-19-11-12-26(15-20(27)16-7-5-4-6-8-16)14-18(19)24-23(25)17-9-10-21(28-2)22(13-17)29-3;;/h4-10,13,20,27H,11-12,14-15H2,1-3H3;2*1H. The molecule has 2 heterocycles. The predicted molar refractivity (Wildman–Crippen MR) is 127 cm³/mol. The molecule has 168 valence electrons. The summed E-state index contributed by atoms with van der Waals surface area (Å²) in [5.74, 6) is 2.32. The summed E-state index contributed by atoms with van der Waals surface area (Å²) in [5.41, 5.74) is 4.27. The molecule has 3 aromatic rings. The number of imidazole rings is 1. The Morgan fingerprint density at radius 3 is 2.42 bits per heavy atom. The third-order valence-corrected chi connectivity index (χ3v) is 5.59. The van der Waals surface area contributed by atoms with E-state index >= 15 is 0 Å². The molecule has 31 heavy (non-hydrogen) atoms. The third-order valence-electron chi connectivity index (χ3n) is 5.59. The molecule has 0 amide bonds. The van der Waals surface area contributed by atoms with Crippen LogP contribution in [0.3, 0.4) is 0 Å². The molecule has 0 saturated carbocycles. The maximum absolute atomic E-state index is 10.6. The number of fused-ring (bicyclic) bond motifs is 1. The average Bonchev–Trinajstić information content (AvgIpc) is 3.09. The number of hydrogen-bond donors (Lipinski definition) is 1. The second-order valence-electron chi connectivity index (χ2n) is 7.37. The highest BCUT2D eigenvalue weighted by Gasteiger charge is 2.25. The number of rotatable bonds is 6. The number of β-amino-alcohol motifs (C(OH)–C–C–N with tert-alkyl or cyclic N) is 1. The summed E-state index contributed by atoms with van der Waals surface area (Å²) in [6.07, 6.45) is 0.417. The van der Waals surface area contributed by atoms with Crippen molar-refractivity contribution >= 4 is 24.8 Å². The predicted octanol–water partition coefficient (Wildman–Crippen LogP) is 4.04. The topological polar surface area (TPSA) is 59.8 Å². The first-order chi connectivity index (χ1) is 14.1. The van der Waals surface area contributed by atoms with Gasteiger partial charge in [-0.05, 0) is 23.8 Å². The highest BCUT2D eigenvalue weighted by molar-refractivity contribution is 5.85. The Hall–Kier alpha value is -2.25. The van der Waals surface area contributed by atoms with Gasteiger partial charge in [-0.15, -0.1) is 24.8 Å². The molecule has 0 saturated heterocycles. The SMILES string of the molecule is COc1ccc(-c2nc3c(n2C)CCN(CC(O)c2ccccc2)C3)cc1OC.Cl.Cl. The number of methoxy groups -OCH3 is 2. The Morgan fingerprint density at radius 1 is 1.03 bits per heavy atom. The lowest BCUT2D eigenvalue weighted by Crippen LogP contribution is -2.34. The fraction of sp³-hybridized carbons (Fsp3) is 0.348. The van der Waals surface area contributed by atoms with Crippen molar-refractivity contribution in [2.75, 3.05) is 27.3 Å². The van der Waals surface area contributed by atoms with Gasteiger partial charge in [0.15, 0.2) is 11.5 Å². The average molecular weight is 466 g/mol. The molecule has 1 unspecified atom stereocenters. The van der Waals surface area contributed by atoms with E-state index in [1.165, 1.54) is 5.69 Å². The summed E-state index contributed by atoms with van der Waals surface area (Å²) < 4.78 is 13.0. The largest absolute Gasteiger partial charge is 0.493 e. The molecule has 0 radical (unpaired) electrons. The molecule has 1 aliphatic rings. The van der Waals surface area contributed by atoms with Crippen molar-refractivity contribution in [1.29, 1.82) is 0 Å². The second-order valence-corrected chi connectivity index (χ2v) is 7.37.